The molecule has 1 rings (SSSR count). The SMILES string of the molecule is CCCCCCCC/C=C/CCCCCCCCCCO[C@@H]1CO[C@H]([C@@H](O)CO)[C@@H]1O. The van der Waals surface area contributed by atoms with Gasteiger partial charge in [-0.15, -0.1) is 0 Å². The average Bonchev–Trinajstić information content (AvgIpc) is 3.15. The van der Waals surface area contributed by atoms with Crippen LogP contribution in [0.3, 0.4) is 0 Å². The van der Waals surface area contributed by atoms with Crippen molar-refractivity contribution >= 4 is 0 Å². The standard InChI is InChI=1S/C26H50O5/c1-2-3-4-5-6-7-8-9-10-11-12-13-14-15-16-17-18-19-20-30-24-22-31-26(25(24)29)23(28)21-27/h9-10,23-29H,2-8,11-22H2,1H3/b10-9+/t23-,24+,25+,26+/m0/s1. The van der Waals surface area contributed by atoms with Gasteiger partial charge in [-0.05, 0) is 32.1 Å². The van der Waals surface area contributed by atoms with E-state index in [0.29, 0.717) is 6.61 Å². The van der Waals surface area contributed by atoms with Crippen molar-refractivity contribution < 1.29 is 24.8 Å². The molecule has 0 aromatic carbocycles. The van der Waals surface area contributed by atoms with Gasteiger partial charge in [0.15, 0.2) is 0 Å². The molecule has 0 aromatic rings. The maximum absolute atomic E-state index is 10.1. The lowest BCUT2D eigenvalue weighted by molar-refractivity contribution is -0.0730. The van der Waals surface area contributed by atoms with E-state index in [0.717, 1.165) is 12.8 Å². The number of ether oxygens (including phenoxy) is 2. The molecule has 184 valence electrons. The molecule has 5 heteroatoms. The first-order valence-corrected chi connectivity index (χ1v) is 13.1. The predicted octanol–water partition coefficient (Wildman–Crippen LogP) is 5.30. The lowest BCUT2D eigenvalue weighted by Crippen LogP contribution is -2.41. The zero-order chi connectivity index (χ0) is 22.6. The second-order valence-corrected chi connectivity index (χ2v) is 9.09. The summed E-state index contributed by atoms with van der Waals surface area (Å²) < 4.78 is 11.0. The van der Waals surface area contributed by atoms with Gasteiger partial charge in [-0.1, -0.05) is 89.7 Å². The van der Waals surface area contributed by atoms with E-state index in [1.54, 1.807) is 0 Å². The van der Waals surface area contributed by atoms with Crippen molar-refractivity contribution in [3.63, 3.8) is 0 Å². The topological polar surface area (TPSA) is 79.2 Å². The Morgan fingerprint density at radius 1 is 0.839 bits per heavy atom. The van der Waals surface area contributed by atoms with E-state index in [4.69, 9.17) is 14.6 Å². The van der Waals surface area contributed by atoms with Gasteiger partial charge in [-0.2, -0.15) is 0 Å². The Hall–Kier alpha value is -0.460. The lowest BCUT2D eigenvalue weighted by atomic mass is 10.1. The van der Waals surface area contributed by atoms with Crippen LogP contribution in [0.2, 0.25) is 0 Å². The third-order valence-electron chi connectivity index (χ3n) is 6.22. The Kier molecular flexibility index (Phi) is 18.6. The Morgan fingerprint density at radius 3 is 1.90 bits per heavy atom. The molecule has 1 heterocycles. The minimum atomic E-state index is -1.05. The maximum Gasteiger partial charge on any atom is 0.114 e. The predicted molar refractivity (Wildman–Crippen MR) is 127 cm³/mol. The van der Waals surface area contributed by atoms with Gasteiger partial charge >= 0.3 is 0 Å². The number of hydrogen-bond donors (Lipinski definition) is 3. The smallest absolute Gasteiger partial charge is 0.114 e. The van der Waals surface area contributed by atoms with E-state index >= 15 is 0 Å². The van der Waals surface area contributed by atoms with Crippen molar-refractivity contribution in [1.29, 1.82) is 0 Å². The molecule has 1 aliphatic heterocycles. The number of aliphatic hydroxyl groups excluding tert-OH is 3. The van der Waals surface area contributed by atoms with Crippen LogP contribution in [0.4, 0.5) is 0 Å². The van der Waals surface area contributed by atoms with E-state index in [1.165, 1.54) is 89.9 Å². The third-order valence-corrected chi connectivity index (χ3v) is 6.22. The third kappa shape index (κ3) is 14.3. The molecule has 1 aliphatic rings. The quantitative estimate of drug-likeness (QED) is 0.166. The molecule has 5 nitrogen and oxygen atoms in total. The second-order valence-electron chi connectivity index (χ2n) is 9.09. The van der Waals surface area contributed by atoms with E-state index in [2.05, 4.69) is 19.1 Å². The first-order chi connectivity index (χ1) is 15.2. The van der Waals surface area contributed by atoms with Crippen molar-refractivity contribution in [2.24, 2.45) is 0 Å². The highest BCUT2D eigenvalue weighted by molar-refractivity contribution is 4.88. The van der Waals surface area contributed by atoms with E-state index in [9.17, 15) is 10.2 Å². The molecule has 0 amide bonds. The van der Waals surface area contributed by atoms with Crippen molar-refractivity contribution in [3.8, 4) is 0 Å². The number of hydrogen-bond acceptors (Lipinski definition) is 5. The molecule has 0 bridgehead atoms. The van der Waals surface area contributed by atoms with Gasteiger partial charge in [-0.25, -0.2) is 0 Å². The van der Waals surface area contributed by atoms with Crippen LogP contribution >= 0.6 is 0 Å². The molecule has 0 unspecified atom stereocenters. The molecular formula is C26H50O5. The molecule has 0 aromatic heterocycles. The fourth-order valence-electron chi connectivity index (χ4n) is 4.14. The summed E-state index contributed by atoms with van der Waals surface area (Å²) in [6.45, 7) is 2.74. The minimum absolute atomic E-state index is 0.275. The molecule has 0 radical (unpaired) electrons. The maximum atomic E-state index is 10.1. The summed E-state index contributed by atoms with van der Waals surface area (Å²) in [6, 6.07) is 0. The van der Waals surface area contributed by atoms with Gasteiger partial charge in [0.05, 0.1) is 13.2 Å². The van der Waals surface area contributed by atoms with Gasteiger partial charge < -0.3 is 24.8 Å². The van der Waals surface area contributed by atoms with Crippen LogP contribution in [0.15, 0.2) is 12.2 Å². The van der Waals surface area contributed by atoms with Gasteiger partial charge in [0.1, 0.15) is 24.4 Å². The first-order valence-electron chi connectivity index (χ1n) is 13.1. The number of unbranched alkanes of at least 4 members (excludes halogenated alkanes) is 14. The van der Waals surface area contributed by atoms with Crippen LogP contribution in [0, 0.1) is 0 Å². The van der Waals surface area contributed by atoms with Crippen molar-refractivity contribution in [3.05, 3.63) is 12.2 Å². The van der Waals surface area contributed by atoms with Crippen LogP contribution in [0.25, 0.3) is 0 Å². The van der Waals surface area contributed by atoms with Crippen molar-refractivity contribution in [2.75, 3.05) is 19.8 Å². The summed E-state index contributed by atoms with van der Waals surface area (Å²) >= 11 is 0. The molecule has 0 saturated carbocycles. The highest BCUT2D eigenvalue weighted by atomic mass is 16.6. The van der Waals surface area contributed by atoms with Gasteiger partial charge in [0.2, 0.25) is 0 Å². The van der Waals surface area contributed by atoms with E-state index in [1.807, 2.05) is 0 Å². The summed E-state index contributed by atoms with van der Waals surface area (Å²) in [4.78, 5) is 0. The molecule has 3 N–H and O–H groups in total. The van der Waals surface area contributed by atoms with E-state index < -0.39 is 31.0 Å². The van der Waals surface area contributed by atoms with Crippen molar-refractivity contribution in [1.82, 2.24) is 0 Å². The molecule has 0 aliphatic carbocycles. The molecular weight excluding hydrogens is 392 g/mol. The van der Waals surface area contributed by atoms with Gasteiger partial charge in [0, 0.05) is 6.61 Å². The van der Waals surface area contributed by atoms with Crippen LogP contribution in [0.5, 0.6) is 0 Å². The molecule has 31 heavy (non-hydrogen) atoms. The van der Waals surface area contributed by atoms with Gasteiger partial charge in [0.25, 0.3) is 0 Å². The van der Waals surface area contributed by atoms with Crippen LogP contribution in [-0.4, -0.2) is 59.6 Å². The van der Waals surface area contributed by atoms with Crippen LogP contribution < -0.4 is 0 Å². The largest absolute Gasteiger partial charge is 0.394 e. The van der Waals surface area contributed by atoms with Crippen molar-refractivity contribution in [2.45, 2.75) is 134 Å². The monoisotopic (exact) mass is 442 g/mol. The summed E-state index contributed by atoms with van der Waals surface area (Å²) in [5, 5.41) is 28.6. The van der Waals surface area contributed by atoms with Crippen LogP contribution in [0.1, 0.15) is 110 Å². The van der Waals surface area contributed by atoms with Crippen LogP contribution in [-0.2, 0) is 9.47 Å². The van der Waals surface area contributed by atoms with E-state index in [-0.39, 0.29) is 6.61 Å². The number of aliphatic hydroxyl groups is 3. The zero-order valence-corrected chi connectivity index (χ0v) is 20.1. The lowest BCUT2D eigenvalue weighted by Gasteiger charge is -2.20. The summed E-state index contributed by atoms with van der Waals surface area (Å²) in [7, 11) is 0. The molecule has 1 saturated heterocycles. The fourth-order valence-corrected chi connectivity index (χ4v) is 4.14. The molecule has 4 atom stereocenters. The fraction of sp³-hybridized carbons (Fsp3) is 0.923. The Bertz CT molecular complexity index is 415. The van der Waals surface area contributed by atoms with Gasteiger partial charge in [-0.3, -0.25) is 0 Å². The number of allylic oxidation sites excluding steroid dienone is 2. The Labute approximate surface area is 191 Å². The normalized spacial score (nSPS) is 22.5. The highest BCUT2D eigenvalue weighted by Crippen LogP contribution is 2.20. The zero-order valence-electron chi connectivity index (χ0n) is 20.1. The molecule has 1 fully saturated rings. The second kappa shape index (κ2) is 20.2. The first kappa shape index (κ1) is 28.6. The molecule has 0 spiro atoms. The Balaban J connectivity index is 1.80. The average molecular weight is 443 g/mol. The Morgan fingerprint density at radius 2 is 1.35 bits per heavy atom. The summed E-state index contributed by atoms with van der Waals surface area (Å²) in [6.07, 6.45) is 22.4. The highest BCUT2D eigenvalue weighted by Gasteiger charge is 2.40. The summed E-state index contributed by atoms with van der Waals surface area (Å²) in [5.41, 5.74) is 0. The summed E-state index contributed by atoms with van der Waals surface area (Å²) in [5.74, 6) is 0. The minimum Gasteiger partial charge on any atom is -0.394 e. The number of rotatable bonds is 21.